The van der Waals surface area contributed by atoms with E-state index in [4.69, 9.17) is 9.47 Å². The molecule has 0 bridgehead atoms. The van der Waals surface area contributed by atoms with Gasteiger partial charge in [-0.15, -0.1) is 0 Å². The number of benzene rings is 4. The third-order valence-corrected chi connectivity index (χ3v) is 7.70. The highest BCUT2D eigenvalue weighted by Gasteiger charge is 2.48. The second kappa shape index (κ2) is 10.9. The molecule has 0 aliphatic carbocycles. The second-order valence-corrected chi connectivity index (χ2v) is 10.3. The smallest absolute Gasteiger partial charge is 0.300 e. The highest BCUT2D eigenvalue weighted by atomic mass is 16.5. The van der Waals surface area contributed by atoms with E-state index in [2.05, 4.69) is 0 Å². The largest absolute Gasteiger partial charge is 0.507 e. The third-order valence-electron chi connectivity index (χ3n) is 7.70. The van der Waals surface area contributed by atoms with Crippen molar-refractivity contribution in [2.75, 3.05) is 12.0 Å². The fourth-order valence-electron chi connectivity index (χ4n) is 5.58. The van der Waals surface area contributed by atoms with E-state index in [-0.39, 0.29) is 11.3 Å². The van der Waals surface area contributed by atoms with Crippen molar-refractivity contribution in [2.24, 2.45) is 7.05 Å². The van der Waals surface area contributed by atoms with E-state index in [1.807, 2.05) is 79.3 Å². The van der Waals surface area contributed by atoms with Gasteiger partial charge in [-0.1, -0.05) is 48.5 Å². The van der Waals surface area contributed by atoms with Crippen LogP contribution in [0.2, 0.25) is 0 Å². The van der Waals surface area contributed by atoms with Gasteiger partial charge >= 0.3 is 0 Å². The second-order valence-electron chi connectivity index (χ2n) is 10.3. The molecule has 42 heavy (non-hydrogen) atoms. The van der Waals surface area contributed by atoms with Gasteiger partial charge in [-0.25, -0.2) is 0 Å². The van der Waals surface area contributed by atoms with Gasteiger partial charge in [-0.05, 0) is 66.6 Å². The molecule has 5 aromatic rings. The monoisotopic (exact) mass is 558 g/mol. The zero-order chi connectivity index (χ0) is 29.4. The number of Topliss-reactive ketones (excluding diaryl/α,β-unsaturated/α-hetero) is 1. The summed E-state index contributed by atoms with van der Waals surface area (Å²) in [7, 11) is 3.49. The summed E-state index contributed by atoms with van der Waals surface area (Å²) in [4.78, 5) is 28.8. The van der Waals surface area contributed by atoms with Crippen LogP contribution in [-0.4, -0.2) is 28.5 Å². The molecule has 1 aliphatic heterocycles. The average molecular weight is 559 g/mol. The maximum absolute atomic E-state index is 13.7. The van der Waals surface area contributed by atoms with Gasteiger partial charge < -0.3 is 19.1 Å². The Balaban J connectivity index is 1.46. The minimum Gasteiger partial charge on any atom is -0.507 e. The Morgan fingerprint density at radius 1 is 0.905 bits per heavy atom. The first-order valence-corrected chi connectivity index (χ1v) is 13.6. The lowest BCUT2D eigenvalue weighted by Crippen LogP contribution is -2.29. The predicted octanol–water partition coefficient (Wildman–Crippen LogP) is 6.70. The van der Waals surface area contributed by atoms with Crippen LogP contribution in [0.4, 0.5) is 5.69 Å². The van der Waals surface area contributed by atoms with Crippen molar-refractivity contribution in [3.8, 4) is 11.5 Å². The van der Waals surface area contributed by atoms with Crippen LogP contribution in [0.25, 0.3) is 16.7 Å². The lowest BCUT2D eigenvalue weighted by atomic mass is 9.94. The number of ketones is 1. The molecule has 1 amide bonds. The first-order valence-electron chi connectivity index (χ1n) is 13.6. The maximum Gasteiger partial charge on any atom is 0.300 e. The Hall–Kier alpha value is -5.30. The number of hydrogen-bond acceptors (Lipinski definition) is 5. The maximum atomic E-state index is 13.7. The Kier molecular flexibility index (Phi) is 7.00. The number of aliphatic hydroxyl groups is 1. The van der Waals surface area contributed by atoms with Crippen LogP contribution in [0.15, 0.2) is 109 Å². The van der Waals surface area contributed by atoms with E-state index in [0.29, 0.717) is 29.4 Å². The summed E-state index contributed by atoms with van der Waals surface area (Å²) in [6, 6.07) is 29.0. The number of carbonyl (C=O) groups is 2. The van der Waals surface area contributed by atoms with E-state index in [1.54, 1.807) is 49.6 Å². The molecule has 1 atom stereocenters. The van der Waals surface area contributed by atoms with Gasteiger partial charge in [0, 0.05) is 41.0 Å². The number of methoxy groups -OCH3 is 1. The molecule has 0 spiro atoms. The van der Waals surface area contributed by atoms with Gasteiger partial charge in [-0.3, -0.25) is 14.5 Å². The van der Waals surface area contributed by atoms with Gasteiger partial charge in [0.05, 0.1) is 18.7 Å². The summed E-state index contributed by atoms with van der Waals surface area (Å²) in [6.07, 6.45) is 1.91. The molecule has 4 aromatic carbocycles. The molecule has 1 aromatic heterocycles. The van der Waals surface area contributed by atoms with E-state index in [0.717, 1.165) is 27.6 Å². The van der Waals surface area contributed by atoms with Crippen molar-refractivity contribution < 1.29 is 24.2 Å². The molecular formula is C35H30N2O5. The van der Waals surface area contributed by atoms with E-state index in [9.17, 15) is 14.7 Å². The van der Waals surface area contributed by atoms with Crippen molar-refractivity contribution in [3.05, 3.63) is 131 Å². The van der Waals surface area contributed by atoms with Gasteiger partial charge in [-0.2, -0.15) is 0 Å². The molecule has 1 aliphatic rings. The van der Waals surface area contributed by atoms with Crippen LogP contribution in [-0.2, 0) is 23.2 Å². The van der Waals surface area contributed by atoms with Gasteiger partial charge in [0.1, 0.15) is 23.9 Å². The van der Waals surface area contributed by atoms with Crippen molar-refractivity contribution in [1.82, 2.24) is 4.57 Å². The normalized spacial score (nSPS) is 16.3. The molecule has 7 nitrogen and oxygen atoms in total. The molecule has 1 N–H and O–H groups in total. The van der Waals surface area contributed by atoms with E-state index >= 15 is 0 Å². The average Bonchev–Trinajstić information content (AvgIpc) is 3.49. The number of aliphatic hydroxyl groups excluding tert-OH is 1. The SMILES string of the molecule is COc1ccc(N2C(=O)C(=O)/C(=C(/O)c3ccc(OCc4ccccc4)c(C)c3)C2c2cn(C)c3ccccc23)cc1. The van der Waals surface area contributed by atoms with Crippen molar-refractivity contribution in [3.63, 3.8) is 0 Å². The van der Waals surface area contributed by atoms with Crippen LogP contribution >= 0.6 is 0 Å². The van der Waals surface area contributed by atoms with E-state index in [1.165, 1.54) is 4.90 Å². The summed E-state index contributed by atoms with van der Waals surface area (Å²) >= 11 is 0. The highest BCUT2D eigenvalue weighted by Crippen LogP contribution is 2.45. The Bertz CT molecular complexity index is 1840. The molecule has 2 heterocycles. The van der Waals surface area contributed by atoms with E-state index < -0.39 is 17.7 Å². The number of nitrogens with zero attached hydrogens (tertiary/aromatic N) is 2. The molecule has 1 unspecified atom stereocenters. The quantitative estimate of drug-likeness (QED) is 0.137. The minimum absolute atomic E-state index is 0.0320. The topological polar surface area (TPSA) is 81.0 Å². The van der Waals surface area contributed by atoms with Crippen LogP contribution in [0, 0.1) is 6.92 Å². The fourth-order valence-corrected chi connectivity index (χ4v) is 5.58. The molecule has 0 saturated carbocycles. The number of ether oxygens (including phenoxy) is 2. The lowest BCUT2D eigenvalue weighted by Gasteiger charge is -2.25. The van der Waals surface area contributed by atoms with Gasteiger partial charge in [0.15, 0.2) is 0 Å². The number of fused-ring (bicyclic) bond motifs is 1. The third kappa shape index (κ3) is 4.69. The van der Waals surface area contributed by atoms with Crippen LogP contribution < -0.4 is 14.4 Å². The summed E-state index contributed by atoms with van der Waals surface area (Å²) < 4.78 is 13.3. The zero-order valence-corrected chi connectivity index (χ0v) is 23.6. The molecule has 210 valence electrons. The van der Waals surface area contributed by atoms with Crippen molar-refractivity contribution >= 4 is 34.0 Å². The number of hydrogen-bond donors (Lipinski definition) is 1. The number of aryl methyl sites for hydroxylation is 2. The minimum atomic E-state index is -0.848. The highest BCUT2D eigenvalue weighted by molar-refractivity contribution is 6.51. The molecule has 7 heteroatoms. The number of para-hydroxylation sites is 1. The number of aromatic nitrogens is 1. The Morgan fingerprint density at radius 3 is 2.33 bits per heavy atom. The Morgan fingerprint density at radius 2 is 1.62 bits per heavy atom. The zero-order valence-electron chi connectivity index (χ0n) is 23.6. The number of anilines is 1. The van der Waals surface area contributed by atoms with Crippen molar-refractivity contribution in [1.29, 1.82) is 0 Å². The number of carbonyl (C=O) groups excluding carboxylic acids is 2. The summed E-state index contributed by atoms with van der Waals surface area (Å²) in [6.45, 7) is 2.29. The standard InChI is InChI=1S/C35H30N2O5/c1-22-19-24(13-18-30(22)42-21-23-9-5-4-6-10-23)33(38)31-32(28-20-36(2)29-12-8-7-11-27(28)29)37(35(40)34(31)39)25-14-16-26(41-3)17-15-25/h4-20,32,38H,21H2,1-3H3/b33-31+. The number of amides is 1. The summed E-state index contributed by atoms with van der Waals surface area (Å²) in [5, 5.41) is 12.6. The lowest BCUT2D eigenvalue weighted by molar-refractivity contribution is -0.132. The molecule has 1 saturated heterocycles. The van der Waals surface area contributed by atoms with Crippen LogP contribution in [0.5, 0.6) is 11.5 Å². The first-order chi connectivity index (χ1) is 20.4. The number of rotatable bonds is 7. The Labute approximate surface area is 243 Å². The van der Waals surface area contributed by atoms with Crippen LogP contribution in [0.1, 0.15) is 28.3 Å². The fraction of sp³-hybridized carbons (Fsp3) is 0.143. The molecule has 1 fully saturated rings. The predicted molar refractivity (Wildman–Crippen MR) is 163 cm³/mol. The molecular weight excluding hydrogens is 528 g/mol. The van der Waals surface area contributed by atoms with Gasteiger partial charge in [0.2, 0.25) is 0 Å². The molecule has 6 rings (SSSR count). The van der Waals surface area contributed by atoms with Crippen molar-refractivity contribution in [2.45, 2.75) is 19.6 Å². The summed E-state index contributed by atoms with van der Waals surface area (Å²) in [5.74, 6) is -0.399. The van der Waals surface area contributed by atoms with Crippen LogP contribution in [0.3, 0.4) is 0 Å². The molecule has 0 radical (unpaired) electrons. The van der Waals surface area contributed by atoms with Gasteiger partial charge in [0.25, 0.3) is 11.7 Å². The summed E-state index contributed by atoms with van der Waals surface area (Å²) in [5.41, 5.74) is 4.50. The first kappa shape index (κ1) is 26.9.